The average molecular weight is 455 g/mol. The number of morpholine rings is 1. The van der Waals surface area contributed by atoms with Gasteiger partial charge in [-0.2, -0.15) is 0 Å². The molecule has 0 radical (unpaired) electrons. The molecule has 0 bridgehead atoms. The van der Waals surface area contributed by atoms with Crippen molar-refractivity contribution in [3.63, 3.8) is 0 Å². The van der Waals surface area contributed by atoms with Crippen LogP contribution in [0.2, 0.25) is 0 Å². The molecule has 2 fully saturated rings. The summed E-state index contributed by atoms with van der Waals surface area (Å²) >= 11 is 1.67. The molecule has 0 aromatic carbocycles. The van der Waals surface area contributed by atoms with Crippen molar-refractivity contribution in [1.29, 1.82) is 0 Å². The molecule has 0 spiro atoms. The fourth-order valence-corrected chi connectivity index (χ4v) is 5.97. The van der Waals surface area contributed by atoms with E-state index >= 15 is 0 Å². The highest BCUT2D eigenvalue weighted by Gasteiger charge is 2.34. The zero-order valence-electron chi connectivity index (χ0n) is 19.1. The van der Waals surface area contributed by atoms with Crippen molar-refractivity contribution < 1.29 is 14.1 Å². The van der Waals surface area contributed by atoms with Crippen molar-refractivity contribution in [2.75, 3.05) is 26.2 Å². The highest BCUT2D eigenvalue weighted by Crippen LogP contribution is 2.33. The summed E-state index contributed by atoms with van der Waals surface area (Å²) in [4.78, 5) is 25.3. The minimum atomic E-state index is 0.0510. The first kappa shape index (κ1) is 21.6. The van der Waals surface area contributed by atoms with Gasteiger partial charge in [0.1, 0.15) is 0 Å². The first-order chi connectivity index (χ1) is 15.4. The molecule has 3 unspecified atom stereocenters. The Balaban J connectivity index is 1.46. The highest BCUT2D eigenvalue weighted by molar-refractivity contribution is 7.15. The number of amides is 1. The molecular weight excluding hydrogens is 424 g/mol. The van der Waals surface area contributed by atoms with Crippen molar-refractivity contribution in [1.82, 2.24) is 19.9 Å². The molecule has 7 nitrogen and oxygen atoms in total. The fraction of sp³-hybridized carbons (Fsp3) is 0.542. The van der Waals surface area contributed by atoms with Crippen molar-refractivity contribution >= 4 is 28.3 Å². The fourth-order valence-electron chi connectivity index (χ4n) is 5.14. The lowest BCUT2D eigenvalue weighted by Crippen LogP contribution is -2.51. The number of carbonyl (C=O) groups is 1. The molecule has 3 atom stereocenters. The molecule has 2 aliphatic rings. The van der Waals surface area contributed by atoms with Gasteiger partial charge < -0.3 is 14.2 Å². The third-order valence-corrected chi connectivity index (χ3v) is 7.47. The maximum Gasteiger partial charge on any atom is 0.259 e. The molecule has 2 aliphatic heterocycles. The van der Waals surface area contributed by atoms with Crippen LogP contribution in [0.3, 0.4) is 0 Å². The number of fused-ring (bicyclic) bond motifs is 1. The van der Waals surface area contributed by atoms with Crippen LogP contribution in [-0.4, -0.2) is 70.3 Å². The number of nitrogens with zero attached hydrogens (tertiary/aromatic N) is 4. The van der Waals surface area contributed by atoms with Crippen LogP contribution >= 0.6 is 11.3 Å². The Morgan fingerprint density at radius 3 is 2.72 bits per heavy atom. The van der Waals surface area contributed by atoms with E-state index in [-0.39, 0.29) is 24.2 Å². The number of rotatable bonds is 4. The van der Waals surface area contributed by atoms with Crippen LogP contribution in [0.15, 0.2) is 22.7 Å². The van der Waals surface area contributed by atoms with E-state index in [2.05, 4.69) is 46.8 Å². The van der Waals surface area contributed by atoms with Crippen molar-refractivity contribution in [3.05, 3.63) is 34.3 Å². The minimum Gasteiger partial charge on any atom is -0.373 e. The van der Waals surface area contributed by atoms with Crippen LogP contribution < -0.4 is 0 Å². The molecular formula is C24H30N4O3S. The van der Waals surface area contributed by atoms with Crippen LogP contribution in [0.4, 0.5) is 0 Å². The summed E-state index contributed by atoms with van der Waals surface area (Å²) in [5.74, 6) is 0.0510. The zero-order chi connectivity index (χ0) is 22.4. The van der Waals surface area contributed by atoms with E-state index in [0.29, 0.717) is 17.0 Å². The van der Waals surface area contributed by atoms with Crippen molar-refractivity contribution in [2.24, 2.45) is 0 Å². The average Bonchev–Trinajstić information content (AvgIpc) is 3.47. The third-order valence-electron chi connectivity index (χ3n) is 6.44. The second-order valence-corrected chi connectivity index (χ2v) is 10.5. The van der Waals surface area contributed by atoms with Gasteiger partial charge in [-0.3, -0.25) is 9.69 Å². The molecule has 0 N–H and O–H groups in total. The normalized spacial score (nSPS) is 24.5. The zero-order valence-corrected chi connectivity index (χ0v) is 19.9. The van der Waals surface area contributed by atoms with E-state index in [1.165, 1.54) is 4.88 Å². The molecule has 5 heterocycles. The maximum atomic E-state index is 13.9. The summed E-state index contributed by atoms with van der Waals surface area (Å²) in [6, 6.07) is 6.25. The molecule has 32 heavy (non-hydrogen) atoms. The number of thiophene rings is 1. The molecule has 0 aliphatic carbocycles. The Bertz CT molecular complexity index is 1130. The van der Waals surface area contributed by atoms with Crippen molar-refractivity contribution in [3.8, 4) is 10.6 Å². The first-order valence-electron chi connectivity index (χ1n) is 11.4. The number of pyridine rings is 1. The largest absolute Gasteiger partial charge is 0.373 e. The van der Waals surface area contributed by atoms with Gasteiger partial charge in [-0.15, -0.1) is 11.3 Å². The lowest BCUT2D eigenvalue weighted by atomic mass is 10.1. The van der Waals surface area contributed by atoms with Crippen LogP contribution in [0.1, 0.15) is 47.6 Å². The Morgan fingerprint density at radius 1 is 1.22 bits per heavy atom. The van der Waals surface area contributed by atoms with E-state index in [1.807, 2.05) is 19.1 Å². The molecule has 170 valence electrons. The highest BCUT2D eigenvalue weighted by atomic mass is 32.1. The number of ether oxygens (including phenoxy) is 1. The monoisotopic (exact) mass is 454 g/mol. The van der Waals surface area contributed by atoms with Gasteiger partial charge in [0.05, 0.1) is 39.4 Å². The van der Waals surface area contributed by atoms with Gasteiger partial charge in [-0.1, -0.05) is 5.16 Å². The topological polar surface area (TPSA) is 71.7 Å². The molecule has 1 amide bonds. The lowest BCUT2D eigenvalue weighted by molar-refractivity contribution is -0.0715. The predicted molar refractivity (Wildman–Crippen MR) is 125 cm³/mol. The van der Waals surface area contributed by atoms with E-state index in [9.17, 15) is 4.79 Å². The molecule has 2 saturated heterocycles. The summed E-state index contributed by atoms with van der Waals surface area (Å²) in [5.41, 5.74) is 2.55. The second kappa shape index (κ2) is 8.57. The summed E-state index contributed by atoms with van der Waals surface area (Å²) in [6.45, 7) is 11.7. The predicted octanol–water partition coefficient (Wildman–Crippen LogP) is 4.28. The number of aryl methyl sites for hydroxylation is 2. The number of carbonyl (C=O) groups excluding carboxylic acids is 1. The molecule has 8 heteroatoms. The van der Waals surface area contributed by atoms with E-state index in [4.69, 9.17) is 9.26 Å². The summed E-state index contributed by atoms with van der Waals surface area (Å²) in [5, 5.41) is 4.84. The summed E-state index contributed by atoms with van der Waals surface area (Å²) in [6.07, 6.45) is 2.50. The standard InChI is InChI=1S/C24H30N4O3S/c1-14-11-27(12-15(2)30-14)13-18-6-5-9-28(18)24(29)19-10-20(21-8-7-16(3)32-21)25-23-22(19)17(4)26-31-23/h7-8,10,14-15,18H,5-6,9,11-13H2,1-4H3. The van der Waals surface area contributed by atoms with Crippen LogP contribution in [-0.2, 0) is 4.74 Å². The maximum absolute atomic E-state index is 13.9. The van der Waals surface area contributed by atoms with E-state index in [1.54, 1.807) is 11.3 Å². The van der Waals surface area contributed by atoms with Gasteiger partial charge in [0, 0.05) is 37.1 Å². The van der Waals surface area contributed by atoms with Gasteiger partial charge >= 0.3 is 0 Å². The SMILES string of the molecule is Cc1ccc(-c2cc(C(=O)N3CCCC3CN3CC(C)OC(C)C3)c3c(C)noc3n2)s1. The quantitative estimate of drug-likeness (QED) is 0.586. The Kier molecular flexibility index (Phi) is 5.77. The second-order valence-electron chi connectivity index (χ2n) is 9.18. The van der Waals surface area contributed by atoms with Crippen molar-refractivity contribution in [2.45, 2.75) is 58.8 Å². The molecule has 3 aromatic rings. The van der Waals surface area contributed by atoms with Gasteiger partial charge in [0.15, 0.2) is 0 Å². The smallest absolute Gasteiger partial charge is 0.259 e. The Hall–Kier alpha value is -2.29. The Morgan fingerprint density at radius 2 is 2.00 bits per heavy atom. The van der Waals surface area contributed by atoms with E-state index in [0.717, 1.165) is 55.0 Å². The lowest BCUT2D eigenvalue weighted by Gasteiger charge is -2.38. The third kappa shape index (κ3) is 4.07. The molecule has 5 rings (SSSR count). The minimum absolute atomic E-state index is 0.0510. The van der Waals surface area contributed by atoms with Crippen LogP contribution in [0, 0.1) is 13.8 Å². The van der Waals surface area contributed by atoms with Gasteiger partial charge in [-0.25, -0.2) is 4.98 Å². The Labute approximate surface area is 192 Å². The first-order valence-corrected chi connectivity index (χ1v) is 12.2. The summed E-state index contributed by atoms with van der Waals surface area (Å²) in [7, 11) is 0. The van der Waals surface area contributed by atoms with Crippen LogP contribution in [0.5, 0.6) is 0 Å². The number of hydrogen-bond acceptors (Lipinski definition) is 7. The van der Waals surface area contributed by atoms with Gasteiger partial charge in [-0.05, 0) is 58.7 Å². The molecule has 0 saturated carbocycles. The van der Waals surface area contributed by atoms with Gasteiger partial charge in [0.25, 0.3) is 11.6 Å². The molecule has 3 aromatic heterocycles. The number of hydrogen-bond donors (Lipinski definition) is 0. The number of likely N-dealkylation sites (tertiary alicyclic amines) is 1. The van der Waals surface area contributed by atoms with Gasteiger partial charge in [0.2, 0.25) is 0 Å². The summed E-state index contributed by atoms with van der Waals surface area (Å²) < 4.78 is 11.4. The number of aromatic nitrogens is 2. The van der Waals surface area contributed by atoms with Crippen LogP contribution in [0.25, 0.3) is 21.7 Å². The van der Waals surface area contributed by atoms with E-state index < -0.39 is 0 Å².